The van der Waals surface area contributed by atoms with Crippen LogP contribution in [-0.2, 0) is 6.42 Å². The molecule has 0 aliphatic heterocycles. The molecule has 0 aromatic carbocycles. The molecule has 2 aromatic heterocycles. The van der Waals surface area contributed by atoms with Crippen LogP contribution in [0.1, 0.15) is 93.6 Å². The van der Waals surface area contributed by atoms with E-state index < -0.39 is 0 Å². The molecule has 132 valence electrons. The Labute approximate surface area is 150 Å². The third-order valence-corrected chi connectivity index (χ3v) is 6.71. The van der Waals surface area contributed by atoms with Gasteiger partial charge in [-0.1, -0.05) is 51.0 Å². The summed E-state index contributed by atoms with van der Waals surface area (Å²) >= 11 is 0. The van der Waals surface area contributed by atoms with Crippen LogP contribution in [0, 0.1) is 5.92 Å². The molecule has 0 spiro atoms. The average molecular weight is 335 g/mol. The van der Waals surface area contributed by atoms with Crippen LogP contribution in [0.5, 0.6) is 0 Å². The number of aromatic nitrogens is 3. The second-order valence-electron chi connectivity index (χ2n) is 8.33. The number of imidazole rings is 1. The highest BCUT2D eigenvalue weighted by Crippen LogP contribution is 2.40. The maximum absolute atomic E-state index is 4.99. The highest BCUT2D eigenvalue weighted by Gasteiger charge is 2.27. The van der Waals surface area contributed by atoms with Crippen molar-refractivity contribution in [3.63, 3.8) is 0 Å². The van der Waals surface area contributed by atoms with E-state index >= 15 is 0 Å². The minimum absolute atomic E-state index is 0.663. The molecule has 3 nitrogen and oxygen atoms in total. The van der Waals surface area contributed by atoms with Crippen molar-refractivity contribution < 1.29 is 0 Å². The number of hydrogen-bond acceptors (Lipinski definition) is 2. The topological polar surface area (TPSA) is 30.2 Å². The first-order valence-corrected chi connectivity index (χ1v) is 10.5. The lowest BCUT2D eigenvalue weighted by molar-refractivity contribution is 0.438. The summed E-state index contributed by atoms with van der Waals surface area (Å²) in [4.78, 5) is 9.76. The molecule has 3 heteroatoms. The lowest BCUT2D eigenvalue weighted by Gasteiger charge is -2.19. The van der Waals surface area contributed by atoms with Gasteiger partial charge in [-0.15, -0.1) is 0 Å². The molecular formula is C22H29N3. The third-order valence-electron chi connectivity index (χ3n) is 6.71. The van der Waals surface area contributed by atoms with Gasteiger partial charge >= 0.3 is 0 Å². The molecule has 0 unspecified atom stereocenters. The van der Waals surface area contributed by atoms with Crippen molar-refractivity contribution in [1.29, 1.82) is 0 Å². The van der Waals surface area contributed by atoms with Gasteiger partial charge in [0, 0.05) is 18.5 Å². The van der Waals surface area contributed by atoms with Crippen LogP contribution in [0.15, 0.2) is 18.5 Å². The van der Waals surface area contributed by atoms with Gasteiger partial charge in [-0.25, -0.2) is 4.98 Å². The van der Waals surface area contributed by atoms with Crippen molar-refractivity contribution in [2.24, 2.45) is 5.92 Å². The predicted molar refractivity (Wildman–Crippen MR) is 102 cm³/mol. The molecule has 2 aromatic rings. The van der Waals surface area contributed by atoms with Gasteiger partial charge in [0.05, 0.1) is 23.3 Å². The van der Waals surface area contributed by atoms with Crippen LogP contribution in [0.2, 0.25) is 0 Å². The second-order valence-corrected chi connectivity index (χ2v) is 8.33. The van der Waals surface area contributed by atoms with Crippen LogP contribution in [-0.4, -0.2) is 14.4 Å². The number of allylic oxidation sites excluding steroid dienone is 2. The van der Waals surface area contributed by atoms with E-state index in [1.165, 1.54) is 87.7 Å². The van der Waals surface area contributed by atoms with Gasteiger partial charge in [-0.3, -0.25) is 9.38 Å². The van der Waals surface area contributed by atoms with Crippen molar-refractivity contribution in [3.8, 4) is 0 Å². The molecule has 25 heavy (non-hydrogen) atoms. The maximum atomic E-state index is 4.99. The quantitative estimate of drug-likeness (QED) is 0.660. The highest BCUT2D eigenvalue weighted by molar-refractivity contribution is 5.73. The average Bonchev–Trinajstić information content (AvgIpc) is 3.18. The Bertz CT molecular complexity index is 787. The van der Waals surface area contributed by atoms with Gasteiger partial charge < -0.3 is 0 Å². The molecule has 2 saturated carbocycles. The van der Waals surface area contributed by atoms with E-state index in [1.807, 2.05) is 6.20 Å². The first-order valence-electron chi connectivity index (χ1n) is 10.5. The van der Waals surface area contributed by atoms with Crippen molar-refractivity contribution in [2.75, 3.05) is 0 Å². The van der Waals surface area contributed by atoms with Gasteiger partial charge in [-0.05, 0) is 37.2 Å². The largest absolute Gasteiger partial charge is 0.297 e. The standard InChI is InChI=1S/C22H29N3/c1-2-5-9-16(8-4-1)18-12-13-19-22(18)25-15-20(24-21(25)14-23-19)17-10-6-3-7-11-17/h12,14-17H,1-11,13H2. The van der Waals surface area contributed by atoms with Gasteiger partial charge in [0.1, 0.15) is 0 Å². The molecular weight excluding hydrogens is 306 g/mol. The van der Waals surface area contributed by atoms with E-state index in [0.29, 0.717) is 5.92 Å². The minimum atomic E-state index is 0.663. The van der Waals surface area contributed by atoms with Gasteiger partial charge in [0.2, 0.25) is 0 Å². The fraction of sp³-hybridized carbons (Fsp3) is 0.636. The van der Waals surface area contributed by atoms with E-state index in [-0.39, 0.29) is 0 Å². The summed E-state index contributed by atoms with van der Waals surface area (Å²) in [5.41, 5.74) is 6.59. The van der Waals surface area contributed by atoms with Crippen LogP contribution in [0.25, 0.3) is 11.2 Å². The molecule has 2 fully saturated rings. The summed E-state index contributed by atoms with van der Waals surface area (Å²) in [6.45, 7) is 0. The van der Waals surface area contributed by atoms with Crippen LogP contribution in [0.3, 0.4) is 0 Å². The van der Waals surface area contributed by atoms with E-state index in [2.05, 4.69) is 16.7 Å². The van der Waals surface area contributed by atoms with Crippen LogP contribution in [0.4, 0.5) is 0 Å². The van der Waals surface area contributed by atoms with Gasteiger partial charge in [0.25, 0.3) is 0 Å². The third kappa shape index (κ3) is 2.82. The molecule has 0 saturated heterocycles. The van der Waals surface area contributed by atoms with Crippen LogP contribution < -0.4 is 0 Å². The lowest BCUT2D eigenvalue weighted by Crippen LogP contribution is -2.06. The van der Waals surface area contributed by atoms with Crippen LogP contribution >= 0.6 is 0 Å². The summed E-state index contributed by atoms with van der Waals surface area (Å²) in [6, 6.07) is 0. The summed E-state index contributed by atoms with van der Waals surface area (Å²) in [7, 11) is 0. The Morgan fingerprint density at radius 1 is 0.840 bits per heavy atom. The van der Waals surface area contributed by atoms with E-state index in [4.69, 9.17) is 9.97 Å². The molecule has 3 aliphatic carbocycles. The SMILES string of the molecule is C1=C(C2CCCCCC2)c2c(ncc3nc(C4CCCCC4)cn23)C1. The number of fused-ring (bicyclic) bond motifs is 3. The smallest absolute Gasteiger partial charge is 0.156 e. The Morgan fingerprint density at radius 3 is 2.28 bits per heavy atom. The molecule has 0 N–H and O–H groups in total. The number of hydrogen-bond donors (Lipinski definition) is 0. The Morgan fingerprint density at radius 2 is 1.52 bits per heavy atom. The Kier molecular flexibility index (Phi) is 4.11. The molecule has 2 heterocycles. The van der Waals surface area contributed by atoms with E-state index in [0.717, 1.165) is 18.0 Å². The van der Waals surface area contributed by atoms with E-state index in [1.54, 1.807) is 5.57 Å². The van der Waals surface area contributed by atoms with Crippen molar-refractivity contribution in [2.45, 2.75) is 83.0 Å². The fourth-order valence-electron chi connectivity index (χ4n) is 5.32. The zero-order valence-corrected chi connectivity index (χ0v) is 15.2. The van der Waals surface area contributed by atoms with Crippen molar-refractivity contribution in [3.05, 3.63) is 35.6 Å². The zero-order valence-electron chi connectivity index (χ0n) is 15.2. The van der Waals surface area contributed by atoms with Gasteiger partial charge in [0.15, 0.2) is 5.65 Å². The summed E-state index contributed by atoms with van der Waals surface area (Å²) < 4.78 is 2.38. The first-order chi connectivity index (χ1) is 12.4. The van der Waals surface area contributed by atoms with Crippen molar-refractivity contribution in [1.82, 2.24) is 14.4 Å². The predicted octanol–water partition coefficient (Wildman–Crippen LogP) is 5.69. The van der Waals surface area contributed by atoms with Gasteiger partial charge in [-0.2, -0.15) is 0 Å². The number of nitrogens with zero attached hydrogens (tertiary/aromatic N) is 3. The van der Waals surface area contributed by atoms with Crippen molar-refractivity contribution >= 4 is 11.2 Å². The maximum Gasteiger partial charge on any atom is 0.156 e. The lowest BCUT2D eigenvalue weighted by atomic mass is 9.87. The molecule has 0 atom stereocenters. The minimum Gasteiger partial charge on any atom is -0.297 e. The molecule has 0 amide bonds. The monoisotopic (exact) mass is 335 g/mol. The number of rotatable bonds is 2. The second kappa shape index (κ2) is 6.59. The molecule has 0 radical (unpaired) electrons. The Balaban J connectivity index is 1.53. The Hall–Kier alpha value is -1.64. The molecule has 5 rings (SSSR count). The normalized spacial score (nSPS) is 22.8. The highest BCUT2D eigenvalue weighted by atomic mass is 15.0. The zero-order chi connectivity index (χ0) is 16.6. The summed E-state index contributed by atoms with van der Waals surface area (Å²) in [6.07, 6.45) is 22.9. The fourth-order valence-corrected chi connectivity index (χ4v) is 5.32. The molecule has 0 bridgehead atoms. The first kappa shape index (κ1) is 15.6. The summed E-state index contributed by atoms with van der Waals surface area (Å²) in [5, 5.41) is 0. The van der Waals surface area contributed by atoms with E-state index in [9.17, 15) is 0 Å². The summed E-state index contributed by atoms with van der Waals surface area (Å²) in [5.74, 6) is 1.40. The molecule has 3 aliphatic rings.